The molecule has 92 valence electrons. The molecule has 1 unspecified atom stereocenters. The Balaban J connectivity index is 3.39. The predicted octanol–water partition coefficient (Wildman–Crippen LogP) is 4.40. The lowest BCUT2D eigenvalue weighted by Crippen LogP contribution is -1.99. The molecular formula is C15H26O. The lowest BCUT2D eigenvalue weighted by Gasteiger charge is -2.05. The fraction of sp³-hybridized carbons (Fsp3) is 0.600. The van der Waals surface area contributed by atoms with Crippen LogP contribution >= 0.6 is 0 Å². The highest BCUT2D eigenvalue weighted by atomic mass is 16.3. The van der Waals surface area contributed by atoms with Crippen LogP contribution in [0.1, 0.15) is 52.4 Å². The largest absolute Gasteiger partial charge is 0.393 e. The minimum atomic E-state index is -0.201. The summed E-state index contributed by atoms with van der Waals surface area (Å²) >= 11 is 0. The van der Waals surface area contributed by atoms with E-state index in [2.05, 4.69) is 37.8 Å². The first-order chi connectivity index (χ1) is 7.66. The number of hydrogen-bond donors (Lipinski definition) is 1. The Kier molecular flexibility index (Phi) is 10.1. The maximum absolute atomic E-state index is 9.13. The van der Waals surface area contributed by atoms with Crippen LogP contribution in [0.4, 0.5) is 0 Å². The molecule has 0 aromatic carbocycles. The molecule has 0 aromatic heterocycles. The third-order valence-corrected chi connectivity index (χ3v) is 2.48. The third-order valence-electron chi connectivity index (χ3n) is 2.48. The maximum Gasteiger partial charge on any atom is 0.0515 e. The van der Waals surface area contributed by atoms with Gasteiger partial charge in [-0.3, -0.25) is 0 Å². The van der Waals surface area contributed by atoms with E-state index in [0.29, 0.717) is 0 Å². The molecule has 0 radical (unpaired) electrons. The van der Waals surface area contributed by atoms with Crippen molar-refractivity contribution in [2.24, 2.45) is 0 Å². The highest BCUT2D eigenvalue weighted by molar-refractivity contribution is 4.97. The van der Waals surface area contributed by atoms with Crippen LogP contribution in [0.2, 0.25) is 0 Å². The first-order valence-corrected chi connectivity index (χ1v) is 6.27. The summed E-state index contributed by atoms with van der Waals surface area (Å²) in [6.45, 7) is 7.90. The molecule has 0 rings (SSSR count). The molecule has 0 amide bonds. The molecule has 0 saturated carbocycles. The van der Waals surface area contributed by atoms with Crippen LogP contribution in [0.3, 0.4) is 0 Å². The van der Waals surface area contributed by atoms with E-state index in [-0.39, 0.29) is 6.10 Å². The normalized spacial score (nSPS) is 13.7. The van der Waals surface area contributed by atoms with E-state index < -0.39 is 0 Å². The second-order valence-electron chi connectivity index (χ2n) is 4.29. The summed E-state index contributed by atoms with van der Waals surface area (Å²) in [5.74, 6) is 0. The molecule has 0 heterocycles. The monoisotopic (exact) mass is 222 g/mol. The number of aliphatic hydroxyl groups excluding tert-OH is 1. The van der Waals surface area contributed by atoms with Gasteiger partial charge in [0.1, 0.15) is 0 Å². The molecule has 0 aliphatic carbocycles. The van der Waals surface area contributed by atoms with Gasteiger partial charge in [0.2, 0.25) is 0 Å². The highest BCUT2D eigenvalue weighted by Gasteiger charge is 1.97. The molecule has 0 aromatic rings. The van der Waals surface area contributed by atoms with Gasteiger partial charge in [-0.1, -0.05) is 36.5 Å². The molecule has 0 bridgehead atoms. The summed E-state index contributed by atoms with van der Waals surface area (Å²) in [6.07, 6.45) is 14.7. The quantitative estimate of drug-likeness (QED) is 0.453. The van der Waals surface area contributed by atoms with Crippen molar-refractivity contribution in [2.75, 3.05) is 0 Å². The highest BCUT2D eigenvalue weighted by Crippen LogP contribution is 2.12. The summed E-state index contributed by atoms with van der Waals surface area (Å²) in [5, 5.41) is 9.13. The topological polar surface area (TPSA) is 20.2 Å². The van der Waals surface area contributed by atoms with Crippen LogP contribution in [-0.4, -0.2) is 11.2 Å². The Morgan fingerprint density at radius 2 is 1.75 bits per heavy atom. The van der Waals surface area contributed by atoms with Gasteiger partial charge in [0.15, 0.2) is 0 Å². The molecule has 0 fully saturated rings. The molecule has 16 heavy (non-hydrogen) atoms. The molecule has 0 aliphatic heterocycles. The first-order valence-electron chi connectivity index (χ1n) is 6.27. The lowest BCUT2D eigenvalue weighted by molar-refractivity contribution is 0.184. The van der Waals surface area contributed by atoms with Crippen molar-refractivity contribution in [1.29, 1.82) is 0 Å². The average Bonchev–Trinajstić information content (AvgIpc) is 2.25. The number of allylic oxidation sites excluding steroid dienone is 5. The molecule has 0 saturated heterocycles. The molecule has 1 heteroatoms. The Morgan fingerprint density at radius 3 is 2.38 bits per heavy atom. The second-order valence-corrected chi connectivity index (χ2v) is 4.29. The Labute approximate surface area is 101 Å². The predicted molar refractivity (Wildman–Crippen MR) is 72.5 cm³/mol. The Bertz CT molecular complexity index is 224. The Hall–Kier alpha value is -0.820. The molecule has 0 spiro atoms. The summed E-state index contributed by atoms with van der Waals surface area (Å²) in [4.78, 5) is 0. The van der Waals surface area contributed by atoms with Crippen LogP contribution in [-0.2, 0) is 0 Å². The van der Waals surface area contributed by atoms with Crippen molar-refractivity contribution >= 4 is 0 Å². The first kappa shape index (κ1) is 15.2. The van der Waals surface area contributed by atoms with Gasteiger partial charge in [-0.25, -0.2) is 0 Å². The number of aliphatic hydroxyl groups is 1. The smallest absolute Gasteiger partial charge is 0.0515 e. The van der Waals surface area contributed by atoms with E-state index in [1.807, 2.05) is 6.92 Å². The van der Waals surface area contributed by atoms with Gasteiger partial charge >= 0.3 is 0 Å². The summed E-state index contributed by atoms with van der Waals surface area (Å²) in [6, 6.07) is 0. The van der Waals surface area contributed by atoms with E-state index >= 15 is 0 Å². The SMILES string of the molecule is C=C(CCC=CCCC=CC)CCC(C)O. The van der Waals surface area contributed by atoms with E-state index in [1.165, 1.54) is 5.57 Å². The van der Waals surface area contributed by atoms with Crippen LogP contribution in [0.15, 0.2) is 36.5 Å². The number of rotatable bonds is 9. The van der Waals surface area contributed by atoms with Gasteiger partial charge in [-0.15, -0.1) is 0 Å². The van der Waals surface area contributed by atoms with Gasteiger partial charge in [-0.05, 0) is 52.4 Å². The van der Waals surface area contributed by atoms with Crippen molar-refractivity contribution in [1.82, 2.24) is 0 Å². The zero-order valence-corrected chi connectivity index (χ0v) is 10.8. The fourth-order valence-corrected chi connectivity index (χ4v) is 1.42. The van der Waals surface area contributed by atoms with Crippen molar-refractivity contribution < 1.29 is 5.11 Å². The molecule has 1 atom stereocenters. The Morgan fingerprint density at radius 1 is 1.12 bits per heavy atom. The fourth-order valence-electron chi connectivity index (χ4n) is 1.42. The lowest BCUT2D eigenvalue weighted by atomic mass is 10.0. The molecular weight excluding hydrogens is 196 g/mol. The van der Waals surface area contributed by atoms with Crippen LogP contribution in [0.25, 0.3) is 0 Å². The van der Waals surface area contributed by atoms with Crippen LogP contribution in [0.5, 0.6) is 0 Å². The van der Waals surface area contributed by atoms with Gasteiger partial charge in [0, 0.05) is 0 Å². The number of unbranched alkanes of at least 4 members (excludes halogenated alkanes) is 1. The molecule has 0 aliphatic rings. The third kappa shape index (κ3) is 11.3. The molecule has 1 N–H and O–H groups in total. The minimum Gasteiger partial charge on any atom is -0.393 e. The van der Waals surface area contributed by atoms with Crippen molar-refractivity contribution in [2.45, 2.75) is 58.5 Å². The minimum absolute atomic E-state index is 0.201. The molecule has 1 nitrogen and oxygen atoms in total. The zero-order chi connectivity index (χ0) is 12.2. The maximum atomic E-state index is 9.13. The average molecular weight is 222 g/mol. The van der Waals surface area contributed by atoms with Crippen LogP contribution < -0.4 is 0 Å². The summed E-state index contributed by atoms with van der Waals surface area (Å²) in [7, 11) is 0. The zero-order valence-electron chi connectivity index (χ0n) is 10.8. The second kappa shape index (κ2) is 10.7. The van der Waals surface area contributed by atoms with E-state index in [4.69, 9.17) is 5.11 Å². The van der Waals surface area contributed by atoms with Crippen molar-refractivity contribution in [3.63, 3.8) is 0 Å². The standard InChI is InChI=1S/C15H26O/c1-4-5-6-7-8-9-10-11-14(2)12-13-15(3)16/h4-5,8-9,15-16H,2,6-7,10-13H2,1,3H3. The van der Waals surface area contributed by atoms with E-state index in [9.17, 15) is 0 Å². The number of hydrogen-bond acceptors (Lipinski definition) is 1. The summed E-state index contributed by atoms with van der Waals surface area (Å²) < 4.78 is 0. The van der Waals surface area contributed by atoms with Gasteiger partial charge in [0.25, 0.3) is 0 Å². The van der Waals surface area contributed by atoms with Gasteiger partial charge in [0.05, 0.1) is 6.10 Å². The van der Waals surface area contributed by atoms with Crippen molar-refractivity contribution in [3.05, 3.63) is 36.5 Å². The summed E-state index contributed by atoms with van der Waals surface area (Å²) in [5.41, 5.74) is 1.25. The van der Waals surface area contributed by atoms with Crippen molar-refractivity contribution in [3.8, 4) is 0 Å². The van der Waals surface area contributed by atoms with E-state index in [0.717, 1.165) is 38.5 Å². The van der Waals surface area contributed by atoms with Gasteiger partial charge in [-0.2, -0.15) is 0 Å². The van der Waals surface area contributed by atoms with Gasteiger partial charge < -0.3 is 5.11 Å². The van der Waals surface area contributed by atoms with E-state index in [1.54, 1.807) is 0 Å². The van der Waals surface area contributed by atoms with Crippen LogP contribution in [0, 0.1) is 0 Å².